The quantitative estimate of drug-likeness (QED) is 0.308. The van der Waals surface area contributed by atoms with E-state index in [2.05, 4.69) is 16.7 Å². The lowest BCUT2D eigenvalue weighted by Gasteiger charge is -2.17. The van der Waals surface area contributed by atoms with Crippen molar-refractivity contribution in [3.8, 4) is 0 Å². The predicted molar refractivity (Wildman–Crippen MR) is 107 cm³/mol. The first-order valence-corrected chi connectivity index (χ1v) is 8.49. The van der Waals surface area contributed by atoms with Gasteiger partial charge in [0.2, 0.25) is 0 Å². The van der Waals surface area contributed by atoms with Crippen LogP contribution < -0.4 is 16.6 Å². The normalized spacial score (nSPS) is 13.3. The SMILES string of the molecule is C=NC(=N/C(=C\C)C(C)C)OC/C(N)=C/N(N)c1ccc(Cl)c(C(F)F)c1. The van der Waals surface area contributed by atoms with Crippen LogP contribution in [0.15, 0.2) is 51.9 Å². The second kappa shape index (κ2) is 10.6. The van der Waals surface area contributed by atoms with Crippen molar-refractivity contribution in [2.45, 2.75) is 27.2 Å². The summed E-state index contributed by atoms with van der Waals surface area (Å²) in [6.07, 6.45) is 0.481. The van der Waals surface area contributed by atoms with Crippen molar-refractivity contribution in [2.75, 3.05) is 11.6 Å². The van der Waals surface area contributed by atoms with Crippen molar-refractivity contribution in [2.24, 2.45) is 27.5 Å². The molecule has 0 heterocycles. The van der Waals surface area contributed by atoms with Crippen LogP contribution in [0.3, 0.4) is 0 Å². The second-order valence-electron chi connectivity index (χ2n) is 5.83. The van der Waals surface area contributed by atoms with Crippen LogP contribution in [0.25, 0.3) is 0 Å². The van der Waals surface area contributed by atoms with Crippen molar-refractivity contribution >= 4 is 30.0 Å². The molecule has 6 nitrogen and oxygen atoms in total. The lowest BCUT2D eigenvalue weighted by Crippen LogP contribution is -2.27. The Labute approximate surface area is 162 Å². The van der Waals surface area contributed by atoms with Gasteiger partial charge in [-0.3, -0.25) is 5.01 Å². The average molecular weight is 400 g/mol. The van der Waals surface area contributed by atoms with Crippen molar-refractivity contribution in [1.82, 2.24) is 0 Å². The lowest BCUT2D eigenvalue weighted by atomic mass is 10.1. The van der Waals surface area contributed by atoms with Crippen molar-refractivity contribution < 1.29 is 13.5 Å². The van der Waals surface area contributed by atoms with Crippen LogP contribution in [-0.2, 0) is 4.74 Å². The molecule has 148 valence electrons. The van der Waals surface area contributed by atoms with Gasteiger partial charge < -0.3 is 10.5 Å². The first kappa shape index (κ1) is 22.6. The third kappa shape index (κ3) is 6.99. The van der Waals surface area contributed by atoms with E-state index in [0.717, 1.165) is 10.7 Å². The number of alkyl halides is 2. The fourth-order valence-corrected chi connectivity index (χ4v) is 2.25. The number of hydrogen-bond acceptors (Lipinski definition) is 5. The van der Waals surface area contributed by atoms with Crippen LogP contribution in [0.5, 0.6) is 0 Å². The summed E-state index contributed by atoms with van der Waals surface area (Å²) in [5, 5.41) is 1.06. The Morgan fingerprint density at radius 3 is 2.59 bits per heavy atom. The number of nitrogens with zero attached hydrogens (tertiary/aromatic N) is 3. The Kier molecular flexibility index (Phi) is 8.90. The second-order valence-corrected chi connectivity index (χ2v) is 6.23. The first-order chi connectivity index (χ1) is 12.7. The van der Waals surface area contributed by atoms with E-state index in [0.29, 0.717) is 5.69 Å². The number of benzene rings is 1. The minimum Gasteiger partial charge on any atom is -0.457 e. The predicted octanol–water partition coefficient (Wildman–Crippen LogP) is 4.39. The van der Waals surface area contributed by atoms with E-state index in [9.17, 15) is 8.78 Å². The fourth-order valence-electron chi connectivity index (χ4n) is 2.05. The highest BCUT2D eigenvalue weighted by molar-refractivity contribution is 6.31. The Hall–Kier alpha value is -2.45. The van der Waals surface area contributed by atoms with Gasteiger partial charge in [-0.15, -0.1) is 0 Å². The monoisotopic (exact) mass is 399 g/mol. The molecule has 0 aliphatic carbocycles. The lowest BCUT2D eigenvalue weighted by molar-refractivity contribution is 0.151. The Morgan fingerprint density at radius 1 is 1.41 bits per heavy atom. The maximum atomic E-state index is 12.9. The highest BCUT2D eigenvalue weighted by atomic mass is 35.5. The number of amidine groups is 1. The molecule has 1 aromatic rings. The number of hydrogen-bond donors (Lipinski definition) is 2. The zero-order valence-corrected chi connectivity index (χ0v) is 16.3. The van der Waals surface area contributed by atoms with Crippen LogP contribution in [-0.4, -0.2) is 19.3 Å². The van der Waals surface area contributed by atoms with E-state index in [1.807, 2.05) is 26.8 Å². The maximum Gasteiger partial charge on any atom is 0.316 e. The number of halogens is 3. The van der Waals surface area contributed by atoms with E-state index in [1.54, 1.807) is 0 Å². The van der Waals surface area contributed by atoms with E-state index in [-0.39, 0.29) is 34.8 Å². The van der Waals surface area contributed by atoms with Crippen LogP contribution in [0.2, 0.25) is 5.02 Å². The molecule has 0 aliphatic rings. The number of allylic oxidation sites excluding steroid dienone is 2. The summed E-state index contributed by atoms with van der Waals surface area (Å²) in [7, 11) is 0. The summed E-state index contributed by atoms with van der Waals surface area (Å²) in [6, 6.07) is 4.10. The van der Waals surface area contributed by atoms with Gasteiger partial charge in [0.15, 0.2) is 0 Å². The number of nitrogens with two attached hydrogens (primary N) is 2. The van der Waals surface area contributed by atoms with E-state index < -0.39 is 6.43 Å². The fraction of sp³-hybridized carbons (Fsp3) is 0.333. The molecule has 1 aromatic carbocycles. The van der Waals surface area contributed by atoms with E-state index in [1.165, 1.54) is 24.4 Å². The smallest absolute Gasteiger partial charge is 0.316 e. The highest BCUT2D eigenvalue weighted by Crippen LogP contribution is 2.30. The molecule has 4 N–H and O–H groups in total. The van der Waals surface area contributed by atoms with Crippen LogP contribution in [0.1, 0.15) is 32.8 Å². The molecule has 27 heavy (non-hydrogen) atoms. The van der Waals surface area contributed by atoms with Gasteiger partial charge >= 0.3 is 6.02 Å². The Morgan fingerprint density at radius 2 is 2.07 bits per heavy atom. The summed E-state index contributed by atoms with van der Waals surface area (Å²) in [5.41, 5.74) is 6.88. The number of hydrazine groups is 1. The molecule has 0 saturated carbocycles. The topological polar surface area (TPSA) is 89.2 Å². The standard InChI is InChI=1S/C18H24ClF2N5O/c1-5-16(11(2)3)25-18(24-4)27-10-12(22)9-26(23)13-6-7-15(19)14(8-13)17(20)21/h5-9,11,17H,4,10,22-23H2,1-3H3/b12-9-,16-5-,25-18?. The molecule has 0 amide bonds. The molecular weight excluding hydrogens is 376 g/mol. The molecule has 0 saturated heterocycles. The molecule has 0 fully saturated rings. The van der Waals surface area contributed by atoms with Gasteiger partial charge in [0.05, 0.1) is 11.4 Å². The van der Waals surface area contributed by atoms with Gasteiger partial charge in [-0.05, 0) is 37.8 Å². The largest absolute Gasteiger partial charge is 0.457 e. The molecule has 0 atom stereocenters. The molecule has 0 spiro atoms. The van der Waals surface area contributed by atoms with Crippen LogP contribution in [0.4, 0.5) is 14.5 Å². The van der Waals surface area contributed by atoms with Gasteiger partial charge in [0.25, 0.3) is 6.43 Å². The van der Waals surface area contributed by atoms with Gasteiger partial charge in [-0.1, -0.05) is 31.5 Å². The van der Waals surface area contributed by atoms with Gasteiger partial charge in [-0.2, -0.15) is 0 Å². The van der Waals surface area contributed by atoms with Crippen LogP contribution >= 0.6 is 11.6 Å². The summed E-state index contributed by atoms with van der Waals surface area (Å²) in [6.45, 7) is 9.19. The van der Waals surface area contributed by atoms with Crippen LogP contribution in [0, 0.1) is 5.92 Å². The van der Waals surface area contributed by atoms with E-state index in [4.69, 9.17) is 27.9 Å². The van der Waals surface area contributed by atoms with Crippen molar-refractivity contribution in [3.05, 3.63) is 52.5 Å². The summed E-state index contributed by atoms with van der Waals surface area (Å²) in [5.74, 6) is 6.05. The zero-order valence-electron chi connectivity index (χ0n) is 15.5. The first-order valence-electron chi connectivity index (χ1n) is 8.11. The molecule has 0 bridgehead atoms. The average Bonchev–Trinajstić information content (AvgIpc) is 2.61. The van der Waals surface area contributed by atoms with Crippen molar-refractivity contribution in [3.63, 3.8) is 0 Å². The van der Waals surface area contributed by atoms with Gasteiger partial charge in [0, 0.05) is 22.5 Å². The highest BCUT2D eigenvalue weighted by Gasteiger charge is 2.14. The Bertz CT molecular complexity index is 747. The molecule has 0 aromatic heterocycles. The molecule has 0 radical (unpaired) electrons. The van der Waals surface area contributed by atoms with Gasteiger partial charge in [-0.25, -0.2) is 24.6 Å². The van der Waals surface area contributed by atoms with E-state index >= 15 is 0 Å². The molecular formula is C18H24ClF2N5O. The number of anilines is 1. The minimum absolute atomic E-state index is 0.0368. The summed E-state index contributed by atoms with van der Waals surface area (Å²) in [4.78, 5) is 7.98. The van der Waals surface area contributed by atoms with Crippen molar-refractivity contribution in [1.29, 1.82) is 0 Å². The zero-order chi connectivity index (χ0) is 20.6. The molecule has 0 aliphatic heterocycles. The number of ether oxygens (including phenoxy) is 1. The summed E-state index contributed by atoms with van der Waals surface area (Å²) < 4.78 is 31.3. The maximum absolute atomic E-state index is 12.9. The third-order valence-corrected chi connectivity index (χ3v) is 3.78. The molecule has 0 unspecified atom stereocenters. The number of rotatable bonds is 7. The minimum atomic E-state index is -2.71. The number of aliphatic imine (C=N–C) groups is 2. The summed E-state index contributed by atoms with van der Waals surface area (Å²) >= 11 is 5.74. The van der Waals surface area contributed by atoms with Gasteiger partial charge in [0.1, 0.15) is 6.61 Å². The molecule has 9 heteroatoms. The third-order valence-electron chi connectivity index (χ3n) is 3.43. The molecule has 1 rings (SSSR count). The Balaban J connectivity index is 2.86.